The SMILES string of the molecule is CN=C(NCCCC1CCCC1)NCCc1csc(C)n1. The van der Waals surface area contributed by atoms with Crippen molar-refractivity contribution in [1.29, 1.82) is 0 Å². The van der Waals surface area contributed by atoms with Crippen LogP contribution in [0.3, 0.4) is 0 Å². The number of guanidine groups is 1. The van der Waals surface area contributed by atoms with Gasteiger partial charge in [0, 0.05) is 31.9 Å². The molecule has 0 atom stereocenters. The molecule has 0 amide bonds. The van der Waals surface area contributed by atoms with Crippen LogP contribution in [0.15, 0.2) is 10.4 Å². The quantitative estimate of drug-likeness (QED) is 0.462. The van der Waals surface area contributed by atoms with Gasteiger partial charge in [-0.05, 0) is 25.7 Å². The van der Waals surface area contributed by atoms with E-state index >= 15 is 0 Å². The zero-order chi connectivity index (χ0) is 14.9. The van der Waals surface area contributed by atoms with Gasteiger partial charge in [0.05, 0.1) is 10.7 Å². The summed E-state index contributed by atoms with van der Waals surface area (Å²) < 4.78 is 0. The van der Waals surface area contributed by atoms with Gasteiger partial charge in [0.25, 0.3) is 0 Å². The van der Waals surface area contributed by atoms with E-state index in [1.54, 1.807) is 11.3 Å². The molecular formula is C16H28N4S. The summed E-state index contributed by atoms with van der Waals surface area (Å²) in [6.07, 6.45) is 9.33. The van der Waals surface area contributed by atoms with Crippen molar-refractivity contribution < 1.29 is 0 Å². The summed E-state index contributed by atoms with van der Waals surface area (Å²) in [4.78, 5) is 8.74. The number of aromatic nitrogens is 1. The highest BCUT2D eigenvalue weighted by Gasteiger charge is 2.13. The highest BCUT2D eigenvalue weighted by molar-refractivity contribution is 7.09. The standard InChI is InChI=1S/C16H28N4S/c1-13-20-15(12-21-13)9-11-19-16(17-2)18-10-5-8-14-6-3-4-7-14/h12,14H,3-11H2,1-2H3,(H2,17,18,19). The fourth-order valence-corrected chi connectivity index (χ4v) is 3.60. The molecule has 2 rings (SSSR count). The summed E-state index contributed by atoms with van der Waals surface area (Å²) in [6.45, 7) is 3.95. The first-order valence-electron chi connectivity index (χ1n) is 8.13. The molecule has 0 radical (unpaired) electrons. The normalized spacial score (nSPS) is 16.4. The second-order valence-electron chi connectivity index (χ2n) is 5.83. The number of hydrogen-bond donors (Lipinski definition) is 2. The number of nitrogens with zero attached hydrogens (tertiary/aromatic N) is 2. The van der Waals surface area contributed by atoms with E-state index in [1.807, 2.05) is 14.0 Å². The van der Waals surface area contributed by atoms with E-state index in [0.717, 1.165) is 36.4 Å². The minimum absolute atomic E-state index is 0.880. The molecule has 1 aromatic rings. The van der Waals surface area contributed by atoms with Crippen LogP contribution in [0.4, 0.5) is 0 Å². The first-order valence-corrected chi connectivity index (χ1v) is 9.01. The lowest BCUT2D eigenvalue weighted by Gasteiger charge is -2.13. The fourth-order valence-electron chi connectivity index (χ4n) is 2.95. The molecule has 5 heteroatoms. The van der Waals surface area contributed by atoms with Crippen molar-refractivity contribution in [2.24, 2.45) is 10.9 Å². The van der Waals surface area contributed by atoms with Gasteiger partial charge in [0.2, 0.25) is 0 Å². The Morgan fingerprint density at radius 3 is 2.76 bits per heavy atom. The maximum atomic E-state index is 4.47. The third-order valence-electron chi connectivity index (χ3n) is 4.12. The average Bonchev–Trinajstić information content (AvgIpc) is 3.13. The number of hydrogen-bond acceptors (Lipinski definition) is 3. The topological polar surface area (TPSA) is 49.3 Å². The number of nitrogens with one attached hydrogen (secondary N) is 2. The Hall–Kier alpha value is -1.10. The smallest absolute Gasteiger partial charge is 0.190 e. The number of aliphatic imine (C=N–C) groups is 1. The third-order valence-corrected chi connectivity index (χ3v) is 4.94. The summed E-state index contributed by atoms with van der Waals surface area (Å²) in [6, 6.07) is 0. The minimum atomic E-state index is 0.880. The molecule has 0 aromatic carbocycles. The van der Waals surface area contributed by atoms with E-state index in [2.05, 4.69) is 26.0 Å². The Morgan fingerprint density at radius 1 is 1.33 bits per heavy atom. The van der Waals surface area contributed by atoms with Crippen molar-refractivity contribution in [3.05, 3.63) is 16.1 Å². The Bertz CT molecular complexity index is 435. The van der Waals surface area contributed by atoms with Gasteiger partial charge < -0.3 is 10.6 Å². The van der Waals surface area contributed by atoms with Crippen LogP contribution in [0.1, 0.15) is 49.2 Å². The molecular weight excluding hydrogens is 280 g/mol. The molecule has 1 aliphatic carbocycles. The Kier molecular flexibility index (Phi) is 7.00. The van der Waals surface area contributed by atoms with Gasteiger partial charge in [-0.2, -0.15) is 0 Å². The largest absolute Gasteiger partial charge is 0.356 e. The van der Waals surface area contributed by atoms with Crippen LogP contribution in [0.25, 0.3) is 0 Å². The summed E-state index contributed by atoms with van der Waals surface area (Å²) in [5.41, 5.74) is 1.17. The molecule has 0 unspecified atom stereocenters. The molecule has 2 N–H and O–H groups in total. The van der Waals surface area contributed by atoms with Gasteiger partial charge in [0.1, 0.15) is 0 Å². The average molecular weight is 308 g/mol. The van der Waals surface area contributed by atoms with Crippen LogP contribution < -0.4 is 10.6 Å². The predicted molar refractivity (Wildman–Crippen MR) is 91.1 cm³/mol. The predicted octanol–water partition coefficient (Wildman–Crippen LogP) is 3.13. The van der Waals surface area contributed by atoms with Gasteiger partial charge in [-0.3, -0.25) is 4.99 Å². The van der Waals surface area contributed by atoms with Crippen molar-refractivity contribution in [3.63, 3.8) is 0 Å². The molecule has 118 valence electrons. The van der Waals surface area contributed by atoms with E-state index in [-0.39, 0.29) is 0 Å². The van der Waals surface area contributed by atoms with Crippen molar-refractivity contribution in [2.75, 3.05) is 20.1 Å². The molecule has 1 aromatic heterocycles. The van der Waals surface area contributed by atoms with Gasteiger partial charge in [-0.15, -0.1) is 11.3 Å². The molecule has 0 saturated heterocycles. The number of aryl methyl sites for hydroxylation is 1. The van der Waals surface area contributed by atoms with Crippen molar-refractivity contribution in [1.82, 2.24) is 15.6 Å². The first-order chi connectivity index (χ1) is 10.3. The summed E-state index contributed by atoms with van der Waals surface area (Å²) in [5.74, 6) is 1.89. The summed E-state index contributed by atoms with van der Waals surface area (Å²) in [7, 11) is 1.83. The van der Waals surface area contributed by atoms with Gasteiger partial charge in [-0.1, -0.05) is 25.7 Å². The third kappa shape index (κ3) is 6.04. The summed E-state index contributed by atoms with van der Waals surface area (Å²) >= 11 is 1.71. The maximum absolute atomic E-state index is 4.47. The monoisotopic (exact) mass is 308 g/mol. The zero-order valence-electron chi connectivity index (χ0n) is 13.3. The molecule has 4 nitrogen and oxygen atoms in total. The van der Waals surface area contributed by atoms with E-state index in [9.17, 15) is 0 Å². The van der Waals surface area contributed by atoms with Crippen molar-refractivity contribution in [2.45, 2.75) is 51.9 Å². The fraction of sp³-hybridized carbons (Fsp3) is 0.750. The van der Waals surface area contributed by atoms with Crippen LogP contribution in [-0.4, -0.2) is 31.1 Å². The number of thiazole rings is 1. The highest BCUT2D eigenvalue weighted by atomic mass is 32.1. The van der Waals surface area contributed by atoms with Crippen LogP contribution in [0.2, 0.25) is 0 Å². The molecule has 0 spiro atoms. The van der Waals surface area contributed by atoms with Gasteiger partial charge in [0.15, 0.2) is 5.96 Å². The minimum Gasteiger partial charge on any atom is -0.356 e. The molecule has 0 bridgehead atoms. The number of rotatable bonds is 7. The molecule has 1 aliphatic rings. The van der Waals surface area contributed by atoms with Gasteiger partial charge in [-0.25, -0.2) is 4.98 Å². The van der Waals surface area contributed by atoms with Crippen LogP contribution in [0, 0.1) is 12.8 Å². The lowest BCUT2D eigenvalue weighted by Crippen LogP contribution is -2.38. The molecule has 0 aliphatic heterocycles. The van der Waals surface area contributed by atoms with E-state index in [1.165, 1.54) is 44.2 Å². The Balaban J connectivity index is 1.55. The Morgan fingerprint density at radius 2 is 2.10 bits per heavy atom. The van der Waals surface area contributed by atoms with Crippen molar-refractivity contribution in [3.8, 4) is 0 Å². The molecule has 21 heavy (non-hydrogen) atoms. The lowest BCUT2D eigenvalue weighted by atomic mass is 10.0. The summed E-state index contributed by atoms with van der Waals surface area (Å²) in [5, 5.41) is 10.0. The van der Waals surface area contributed by atoms with E-state index in [4.69, 9.17) is 0 Å². The van der Waals surface area contributed by atoms with Gasteiger partial charge >= 0.3 is 0 Å². The van der Waals surface area contributed by atoms with Crippen LogP contribution >= 0.6 is 11.3 Å². The zero-order valence-corrected chi connectivity index (χ0v) is 14.1. The highest BCUT2D eigenvalue weighted by Crippen LogP contribution is 2.28. The maximum Gasteiger partial charge on any atom is 0.190 e. The molecule has 1 saturated carbocycles. The molecule has 1 heterocycles. The van der Waals surface area contributed by atoms with E-state index in [0.29, 0.717) is 0 Å². The second kappa shape index (κ2) is 9.03. The lowest BCUT2D eigenvalue weighted by molar-refractivity contribution is 0.481. The van der Waals surface area contributed by atoms with Crippen LogP contribution in [-0.2, 0) is 6.42 Å². The first kappa shape index (κ1) is 16.3. The van der Waals surface area contributed by atoms with Crippen molar-refractivity contribution >= 4 is 17.3 Å². The van der Waals surface area contributed by atoms with Crippen LogP contribution in [0.5, 0.6) is 0 Å². The Labute approximate surface area is 132 Å². The second-order valence-corrected chi connectivity index (χ2v) is 6.89. The molecule has 1 fully saturated rings. The van der Waals surface area contributed by atoms with E-state index < -0.39 is 0 Å².